The number of benzene rings is 1. The van der Waals surface area contributed by atoms with Gasteiger partial charge in [0.05, 0.1) is 10.9 Å². The summed E-state index contributed by atoms with van der Waals surface area (Å²) in [6.45, 7) is 5.35. The monoisotopic (exact) mass is 275 g/mol. The van der Waals surface area contributed by atoms with Gasteiger partial charge in [0.15, 0.2) is 0 Å². The highest BCUT2D eigenvalue weighted by atomic mass is 16.7. The Bertz CT molecular complexity index is 692. The van der Waals surface area contributed by atoms with Crippen molar-refractivity contribution >= 4 is 16.9 Å². The van der Waals surface area contributed by atoms with Crippen LogP contribution in [0.5, 0.6) is 0 Å². The summed E-state index contributed by atoms with van der Waals surface area (Å²) in [6, 6.07) is 7.05. The number of rotatable bonds is 4. The Balaban J connectivity index is 2.60. The Labute approximate surface area is 116 Å². The van der Waals surface area contributed by atoms with Crippen molar-refractivity contribution in [2.24, 2.45) is 5.92 Å². The first-order chi connectivity index (χ1) is 9.49. The minimum Gasteiger partial charge on any atom is -0.328 e. The number of hydrogen-bond acceptors (Lipinski definition) is 5. The van der Waals surface area contributed by atoms with Crippen molar-refractivity contribution < 1.29 is 9.63 Å². The molecular formula is C14H17N3O3. The Morgan fingerprint density at radius 3 is 2.75 bits per heavy atom. The molecule has 1 aromatic carbocycles. The van der Waals surface area contributed by atoms with E-state index in [2.05, 4.69) is 10.6 Å². The lowest BCUT2D eigenvalue weighted by Gasteiger charge is -2.17. The molecule has 106 valence electrons. The minimum absolute atomic E-state index is 0.280. The van der Waals surface area contributed by atoms with Gasteiger partial charge in [-0.25, -0.2) is 9.47 Å². The van der Waals surface area contributed by atoms with Crippen LogP contribution >= 0.6 is 0 Å². The first kappa shape index (κ1) is 14.0. The van der Waals surface area contributed by atoms with Gasteiger partial charge in [0.25, 0.3) is 5.56 Å². The van der Waals surface area contributed by atoms with Crippen molar-refractivity contribution in [3.63, 3.8) is 0 Å². The third-order valence-corrected chi connectivity index (χ3v) is 2.74. The maximum absolute atomic E-state index is 12.0. The smallest absolute Gasteiger partial charge is 0.328 e. The van der Waals surface area contributed by atoms with Crippen LogP contribution in [0.3, 0.4) is 0 Å². The standard InChI is InChI=1S/C14H17N3O3/c1-9(2)8-13-15-14(19)11-6-4-5-7-12(11)17(13)16-20-10(3)18/h4-7,9,16H,8H2,1-3H3. The molecule has 0 aliphatic heterocycles. The van der Waals surface area contributed by atoms with Crippen LogP contribution < -0.4 is 11.1 Å². The molecule has 0 bridgehead atoms. The van der Waals surface area contributed by atoms with Crippen LogP contribution in [0.4, 0.5) is 0 Å². The number of carbonyl (C=O) groups excluding carboxylic acids is 1. The molecule has 0 radical (unpaired) electrons. The largest absolute Gasteiger partial charge is 0.331 e. The summed E-state index contributed by atoms with van der Waals surface area (Å²) in [4.78, 5) is 31.9. The van der Waals surface area contributed by atoms with Gasteiger partial charge in [-0.05, 0) is 18.1 Å². The van der Waals surface area contributed by atoms with Crippen molar-refractivity contribution in [3.05, 3.63) is 40.4 Å². The number of carbonyl (C=O) groups is 1. The zero-order valence-corrected chi connectivity index (χ0v) is 11.7. The third-order valence-electron chi connectivity index (χ3n) is 2.74. The first-order valence-electron chi connectivity index (χ1n) is 6.43. The maximum atomic E-state index is 12.0. The fraction of sp³-hybridized carbons (Fsp3) is 0.357. The Morgan fingerprint density at radius 1 is 1.40 bits per heavy atom. The average Bonchev–Trinajstić information content (AvgIpc) is 2.37. The van der Waals surface area contributed by atoms with Crippen LogP contribution in [0, 0.1) is 5.92 Å². The molecule has 6 nitrogen and oxygen atoms in total. The van der Waals surface area contributed by atoms with Crippen molar-refractivity contribution in [2.45, 2.75) is 27.2 Å². The molecule has 20 heavy (non-hydrogen) atoms. The Kier molecular flexibility index (Phi) is 4.02. The SMILES string of the molecule is CC(=O)ONn1c(CC(C)C)nc(=O)c2ccccc21. The minimum atomic E-state index is -0.469. The molecule has 0 saturated carbocycles. The van der Waals surface area contributed by atoms with E-state index in [1.165, 1.54) is 11.6 Å². The molecule has 0 amide bonds. The van der Waals surface area contributed by atoms with Gasteiger partial charge >= 0.3 is 5.97 Å². The normalized spacial score (nSPS) is 10.8. The lowest BCUT2D eigenvalue weighted by atomic mass is 10.1. The summed E-state index contributed by atoms with van der Waals surface area (Å²) in [7, 11) is 0. The summed E-state index contributed by atoms with van der Waals surface area (Å²) in [5.74, 6) is 0.377. The maximum Gasteiger partial charge on any atom is 0.331 e. The number of para-hydroxylation sites is 1. The molecule has 0 saturated heterocycles. The molecule has 0 aliphatic carbocycles. The van der Waals surface area contributed by atoms with Crippen molar-refractivity contribution in [2.75, 3.05) is 5.59 Å². The number of nitrogens with one attached hydrogen (secondary N) is 1. The highest BCUT2D eigenvalue weighted by molar-refractivity contribution is 5.78. The second kappa shape index (κ2) is 5.73. The summed E-state index contributed by atoms with van der Waals surface area (Å²) in [5, 5.41) is 0.472. The van der Waals surface area contributed by atoms with Gasteiger partial charge in [-0.2, -0.15) is 10.6 Å². The van der Waals surface area contributed by atoms with E-state index in [9.17, 15) is 9.59 Å². The van der Waals surface area contributed by atoms with E-state index in [1.54, 1.807) is 18.2 Å². The highest BCUT2D eigenvalue weighted by Crippen LogP contribution is 2.12. The average molecular weight is 275 g/mol. The molecule has 1 aromatic heterocycles. The molecule has 0 fully saturated rings. The highest BCUT2D eigenvalue weighted by Gasteiger charge is 2.12. The number of nitrogens with zero attached hydrogens (tertiary/aromatic N) is 2. The van der Waals surface area contributed by atoms with Crippen LogP contribution in [0.15, 0.2) is 29.1 Å². The van der Waals surface area contributed by atoms with Gasteiger partial charge in [-0.1, -0.05) is 26.0 Å². The number of fused-ring (bicyclic) bond motifs is 1. The molecule has 2 aromatic rings. The molecule has 0 aliphatic rings. The van der Waals surface area contributed by atoms with Gasteiger partial charge in [-0.15, -0.1) is 0 Å². The van der Waals surface area contributed by atoms with Crippen molar-refractivity contribution in [3.8, 4) is 0 Å². The number of hydrogen-bond donors (Lipinski definition) is 1. The van der Waals surface area contributed by atoms with Crippen LogP contribution in [0.2, 0.25) is 0 Å². The lowest BCUT2D eigenvalue weighted by molar-refractivity contribution is -0.139. The van der Waals surface area contributed by atoms with Gasteiger partial charge in [0, 0.05) is 13.3 Å². The molecule has 2 rings (SSSR count). The second-order valence-electron chi connectivity index (χ2n) is 4.97. The first-order valence-corrected chi connectivity index (χ1v) is 6.43. The zero-order valence-electron chi connectivity index (χ0n) is 11.7. The summed E-state index contributed by atoms with van der Waals surface area (Å²) in [5.41, 5.74) is 2.90. The van der Waals surface area contributed by atoms with E-state index < -0.39 is 5.97 Å². The van der Waals surface area contributed by atoms with Crippen LogP contribution in [-0.4, -0.2) is 15.6 Å². The van der Waals surface area contributed by atoms with Crippen LogP contribution in [0.1, 0.15) is 26.6 Å². The van der Waals surface area contributed by atoms with Gasteiger partial charge in [0.2, 0.25) is 0 Å². The lowest BCUT2D eigenvalue weighted by Crippen LogP contribution is -2.28. The molecule has 0 atom stereocenters. The molecular weight excluding hydrogens is 258 g/mol. The van der Waals surface area contributed by atoms with E-state index in [4.69, 9.17) is 4.84 Å². The summed E-state index contributed by atoms with van der Waals surface area (Å²) in [6.07, 6.45) is 0.592. The predicted molar refractivity (Wildman–Crippen MR) is 75.7 cm³/mol. The summed E-state index contributed by atoms with van der Waals surface area (Å²) < 4.78 is 1.54. The third kappa shape index (κ3) is 2.96. The zero-order chi connectivity index (χ0) is 14.7. The van der Waals surface area contributed by atoms with Crippen LogP contribution in [-0.2, 0) is 16.1 Å². The van der Waals surface area contributed by atoms with E-state index in [-0.39, 0.29) is 5.56 Å². The van der Waals surface area contributed by atoms with Crippen molar-refractivity contribution in [1.82, 2.24) is 9.66 Å². The predicted octanol–water partition coefficient (Wildman–Crippen LogP) is 1.62. The van der Waals surface area contributed by atoms with E-state index in [0.717, 1.165) is 0 Å². The van der Waals surface area contributed by atoms with Gasteiger partial charge in [-0.3, -0.25) is 4.79 Å². The van der Waals surface area contributed by atoms with E-state index in [1.807, 2.05) is 19.9 Å². The molecule has 6 heteroatoms. The fourth-order valence-corrected chi connectivity index (χ4v) is 1.93. The molecule has 0 spiro atoms. The van der Waals surface area contributed by atoms with Crippen molar-refractivity contribution in [1.29, 1.82) is 0 Å². The van der Waals surface area contributed by atoms with Gasteiger partial charge in [0.1, 0.15) is 5.82 Å². The fourth-order valence-electron chi connectivity index (χ4n) is 1.93. The van der Waals surface area contributed by atoms with Crippen LogP contribution in [0.25, 0.3) is 10.9 Å². The topological polar surface area (TPSA) is 73.2 Å². The Hall–Kier alpha value is -2.37. The molecule has 1 N–H and O–H groups in total. The van der Waals surface area contributed by atoms with E-state index >= 15 is 0 Å². The van der Waals surface area contributed by atoms with E-state index in [0.29, 0.717) is 29.1 Å². The number of aromatic nitrogens is 2. The molecule has 0 unspecified atom stereocenters. The Morgan fingerprint density at radius 2 is 2.10 bits per heavy atom. The quantitative estimate of drug-likeness (QED) is 0.858. The molecule has 1 heterocycles. The second-order valence-corrected chi connectivity index (χ2v) is 4.97. The van der Waals surface area contributed by atoms with Gasteiger partial charge < -0.3 is 4.84 Å². The summed E-state index contributed by atoms with van der Waals surface area (Å²) >= 11 is 0.